The fraction of sp³-hybridized carbons (Fsp3) is 0.308. The predicted octanol–water partition coefficient (Wildman–Crippen LogP) is 4.46. The molecule has 0 spiro atoms. The van der Waals surface area contributed by atoms with E-state index in [1.54, 1.807) is 12.1 Å². The van der Waals surface area contributed by atoms with Crippen LogP contribution < -0.4 is 0 Å². The quantitative estimate of drug-likeness (QED) is 0.727. The smallest absolute Gasteiger partial charge is 0.162 e. The minimum atomic E-state index is 0.106. The maximum absolute atomic E-state index is 11.9. The number of hydrogen-bond acceptors (Lipinski definition) is 1. The molecule has 1 aromatic rings. The molecule has 3 heteroatoms. The Kier molecular flexibility index (Phi) is 5.04. The third-order valence-corrected chi connectivity index (χ3v) is 3.33. The first-order valence-electron chi connectivity index (χ1n) is 5.21. The van der Waals surface area contributed by atoms with Gasteiger partial charge in [-0.15, -0.1) is 0 Å². The molecule has 0 heterocycles. The molecule has 0 aliphatic rings. The van der Waals surface area contributed by atoms with Crippen molar-refractivity contribution in [1.82, 2.24) is 0 Å². The number of rotatable bonds is 4. The first-order valence-corrected chi connectivity index (χ1v) is 5.97. The van der Waals surface area contributed by atoms with Gasteiger partial charge < -0.3 is 0 Å². The summed E-state index contributed by atoms with van der Waals surface area (Å²) in [5.74, 6) is 0.106. The number of benzene rings is 1. The second-order valence-electron chi connectivity index (χ2n) is 3.48. The van der Waals surface area contributed by atoms with Gasteiger partial charge in [0.25, 0.3) is 0 Å². The van der Waals surface area contributed by atoms with Crippen molar-refractivity contribution in [2.75, 3.05) is 0 Å². The number of halogens is 2. The minimum Gasteiger partial charge on any atom is -0.294 e. The van der Waals surface area contributed by atoms with Crippen LogP contribution in [0.2, 0.25) is 10.0 Å². The molecule has 16 heavy (non-hydrogen) atoms. The van der Waals surface area contributed by atoms with Crippen LogP contribution in [0.4, 0.5) is 0 Å². The van der Waals surface area contributed by atoms with E-state index in [0.29, 0.717) is 16.5 Å². The van der Waals surface area contributed by atoms with Crippen LogP contribution in [0.25, 0.3) is 0 Å². The Morgan fingerprint density at radius 2 is 2.06 bits per heavy atom. The van der Waals surface area contributed by atoms with E-state index in [9.17, 15) is 4.79 Å². The van der Waals surface area contributed by atoms with Gasteiger partial charge in [0, 0.05) is 6.42 Å². The normalized spacial score (nSPS) is 11.6. The summed E-state index contributed by atoms with van der Waals surface area (Å²) in [6.45, 7) is 3.84. The summed E-state index contributed by atoms with van der Waals surface area (Å²) in [4.78, 5) is 11.9. The minimum absolute atomic E-state index is 0.106. The zero-order valence-corrected chi connectivity index (χ0v) is 10.9. The highest BCUT2D eigenvalue weighted by molar-refractivity contribution is 6.42. The predicted molar refractivity (Wildman–Crippen MR) is 69.2 cm³/mol. The molecule has 0 aliphatic heterocycles. The Morgan fingerprint density at radius 3 is 2.62 bits per heavy atom. The number of allylic oxidation sites excluding steroid dienone is 2. The van der Waals surface area contributed by atoms with Gasteiger partial charge in [0.2, 0.25) is 0 Å². The van der Waals surface area contributed by atoms with Crippen molar-refractivity contribution < 1.29 is 4.79 Å². The second-order valence-corrected chi connectivity index (χ2v) is 4.27. The van der Waals surface area contributed by atoms with Crippen LogP contribution in [-0.2, 0) is 11.2 Å². The average molecular weight is 257 g/mol. The molecule has 0 bridgehead atoms. The molecule has 1 rings (SSSR count). The lowest BCUT2D eigenvalue weighted by molar-refractivity contribution is -0.115. The van der Waals surface area contributed by atoms with E-state index in [2.05, 4.69) is 0 Å². The van der Waals surface area contributed by atoms with E-state index in [-0.39, 0.29) is 5.78 Å². The molecule has 0 saturated heterocycles. The van der Waals surface area contributed by atoms with Gasteiger partial charge in [-0.3, -0.25) is 4.79 Å². The molecule has 0 saturated carbocycles. The zero-order valence-electron chi connectivity index (χ0n) is 9.39. The van der Waals surface area contributed by atoms with Crippen LogP contribution in [0.3, 0.4) is 0 Å². The Balaban J connectivity index is 2.89. The topological polar surface area (TPSA) is 17.1 Å². The molecule has 0 aliphatic carbocycles. The van der Waals surface area contributed by atoms with Crippen molar-refractivity contribution >= 4 is 29.0 Å². The number of ketones is 1. The van der Waals surface area contributed by atoms with Crippen LogP contribution in [0.1, 0.15) is 25.8 Å². The number of carbonyl (C=O) groups excluding carboxylic acids is 1. The standard InChI is InChI=1S/C13H14Cl2O/c1-3-9(4-2)12(16)8-10-6-5-7-11(14)13(10)15/h3,5-7H,4,8H2,1-2H3/b9-3-. The number of carbonyl (C=O) groups is 1. The lowest BCUT2D eigenvalue weighted by atomic mass is 10.0. The summed E-state index contributed by atoms with van der Waals surface area (Å²) in [6.07, 6.45) is 2.90. The Labute approximate surface area is 106 Å². The highest BCUT2D eigenvalue weighted by Crippen LogP contribution is 2.26. The average Bonchev–Trinajstić information content (AvgIpc) is 2.26. The SMILES string of the molecule is C/C=C(/CC)C(=O)Cc1cccc(Cl)c1Cl. The summed E-state index contributed by atoms with van der Waals surface area (Å²) < 4.78 is 0. The lowest BCUT2D eigenvalue weighted by Gasteiger charge is -2.06. The van der Waals surface area contributed by atoms with Crippen molar-refractivity contribution in [2.45, 2.75) is 26.7 Å². The second kappa shape index (κ2) is 6.07. The van der Waals surface area contributed by atoms with Gasteiger partial charge in [-0.1, -0.05) is 48.3 Å². The van der Waals surface area contributed by atoms with Gasteiger partial charge in [-0.25, -0.2) is 0 Å². The Bertz CT molecular complexity index is 422. The molecular formula is C13H14Cl2O. The fourth-order valence-electron chi connectivity index (χ4n) is 1.53. The third-order valence-electron chi connectivity index (χ3n) is 2.47. The molecule has 1 nitrogen and oxygen atoms in total. The monoisotopic (exact) mass is 256 g/mol. The largest absolute Gasteiger partial charge is 0.294 e. The van der Waals surface area contributed by atoms with Crippen molar-refractivity contribution in [1.29, 1.82) is 0 Å². The summed E-state index contributed by atoms with van der Waals surface area (Å²) in [5.41, 5.74) is 1.61. The molecule has 0 unspecified atom stereocenters. The van der Waals surface area contributed by atoms with E-state index < -0.39 is 0 Å². The molecule has 86 valence electrons. The van der Waals surface area contributed by atoms with E-state index >= 15 is 0 Å². The lowest BCUT2D eigenvalue weighted by Crippen LogP contribution is -2.06. The van der Waals surface area contributed by atoms with Crippen LogP contribution >= 0.6 is 23.2 Å². The highest BCUT2D eigenvalue weighted by Gasteiger charge is 2.11. The molecular weight excluding hydrogens is 243 g/mol. The van der Waals surface area contributed by atoms with Crippen LogP contribution in [0.15, 0.2) is 29.8 Å². The molecule has 0 aromatic heterocycles. The molecule has 0 radical (unpaired) electrons. The van der Waals surface area contributed by atoms with Gasteiger partial charge >= 0.3 is 0 Å². The molecule has 0 amide bonds. The van der Waals surface area contributed by atoms with Crippen LogP contribution in [0.5, 0.6) is 0 Å². The van der Waals surface area contributed by atoms with E-state index in [1.165, 1.54) is 0 Å². The maximum atomic E-state index is 11.9. The summed E-state index contributed by atoms with van der Waals surface area (Å²) >= 11 is 11.9. The first kappa shape index (κ1) is 13.3. The summed E-state index contributed by atoms with van der Waals surface area (Å²) in [6, 6.07) is 5.35. The fourth-order valence-corrected chi connectivity index (χ4v) is 1.92. The van der Waals surface area contributed by atoms with Gasteiger partial charge in [0.15, 0.2) is 5.78 Å². The van der Waals surface area contributed by atoms with Gasteiger partial charge in [0.05, 0.1) is 10.0 Å². The summed E-state index contributed by atoms with van der Waals surface area (Å²) in [7, 11) is 0. The molecule has 0 fully saturated rings. The first-order chi connectivity index (χ1) is 7.60. The Hall–Kier alpha value is -0.790. The molecule has 0 atom stereocenters. The van der Waals surface area contributed by atoms with E-state index in [4.69, 9.17) is 23.2 Å². The van der Waals surface area contributed by atoms with Crippen molar-refractivity contribution in [3.63, 3.8) is 0 Å². The third kappa shape index (κ3) is 3.10. The highest BCUT2D eigenvalue weighted by atomic mass is 35.5. The van der Waals surface area contributed by atoms with E-state index in [1.807, 2.05) is 26.0 Å². The molecule has 1 aromatic carbocycles. The number of hydrogen-bond donors (Lipinski definition) is 0. The summed E-state index contributed by atoms with van der Waals surface area (Å²) in [5, 5.41) is 0.967. The van der Waals surface area contributed by atoms with E-state index in [0.717, 1.165) is 17.6 Å². The maximum Gasteiger partial charge on any atom is 0.162 e. The molecule has 0 N–H and O–H groups in total. The van der Waals surface area contributed by atoms with Crippen molar-refractivity contribution in [3.8, 4) is 0 Å². The van der Waals surface area contributed by atoms with Crippen LogP contribution in [0, 0.1) is 0 Å². The Morgan fingerprint density at radius 1 is 1.38 bits per heavy atom. The van der Waals surface area contributed by atoms with Crippen LogP contribution in [-0.4, -0.2) is 5.78 Å². The van der Waals surface area contributed by atoms with Gasteiger partial charge in [-0.2, -0.15) is 0 Å². The van der Waals surface area contributed by atoms with Gasteiger partial charge in [0.1, 0.15) is 0 Å². The van der Waals surface area contributed by atoms with Crippen molar-refractivity contribution in [2.24, 2.45) is 0 Å². The zero-order chi connectivity index (χ0) is 12.1. The van der Waals surface area contributed by atoms with Gasteiger partial charge in [-0.05, 0) is 30.5 Å². The number of Topliss-reactive ketones (excluding diaryl/α,β-unsaturated/α-hetero) is 1. The van der Waals surface area contributed by atoms with Crippen molar-refractivity contribution in [3.05, 3.63) is 45.5 Å².